The molecule has 0 saturated carbocycles. The van der Waals surface area contributed by atoms with Crippen molar-refractivity contribution < 1.29 is 14.3 Å². The Hall–Kier alpha value is -2.46. The predicted octanol–water partition coefficient (Wildman–Crippen LogP) is 6.35. The first-order valence-corrected chi connectivity index (χ1v) is 12.6. The molecule has 0 N–H and O–H groups in total. The van der Waals surface area contributed by atoms with Gasteiger partial charge in [-0.05, 0) is 49.9 Å². The summed E-state index contributed by atoms with van der Waals surface area (Å²) in [6.45, 7) is 1.93. The number of benzene rings is 2. The monoisotopic (exact) mass is 449 g/mol. The van der Waals surface area contributed by atoms with Gasteiger partial charge in [-0.15, -0.1) is 0 Å². The molecule has 0 amide bonds. The smallest absolute Gasteiger partial charge is 0.305 e. The minimum absolute atomic E-state index is 0.120. The lowest BCUT2D eigenvalue weighted by Crippen LogP contribution is -2.39. The van der Waals surface area contributed by atoms with Gasteiger partial charge in [-0.2, -0.15) is 0 Å². The number of piperidine rings is 1. The number of nitrogens with zero attached hydrogens (tertiary/aromatic N) is 1. The van der Waals surface area contributed by atoms with Crippen molar-refractivity contribution in [3.63, 3.8) is 0 Å². The Morgan fingerprint density at radius 2 is 1.27 bits per heavy atom. The zero-order valence-corrected chi connectivity index (χ0v) is 20.1. The number of carbonyl (C=O) groups excluding carboxylic acids is 2. The zero-order chi connectivity index (χ0) is 23.3. The summed E-state index contributed by atoms with van der Waals surface area (Å²) in [6, 6.07) is 21.7. The number of carbonyl (C=O) groups is 2. The summed E-state index contributed by atoms with van der Waals surface area (Å²) in [7, 11) is 1.44. The second-order valence-electron chi connectivity index (χ2n) is 9.20. The van der Waals surface area contributed by atoms with E-state index < -0.39 is 0 Å². The molecular weight excluding hydrogens is 410 g/mol. The second-order valence-corrected chi connectivity index (χ2v) is 9.20. The maximum absolute atomic E-state index is 12.8. The number of esters is 1. The Morgan fingerprint density at radius 3 is 1.79 bits per heavy atom. The lowest BCUT2D eigenvalue weighted by atomic mass is 9.87. The normalized spacial score (nSPS) is 15.0. The predicted molar refractivity (Wildman–Crippen MR) is 133 cm³/mol. The highest BCUT2D eigenvalue weighted by Crippen LogP contribution is 2.33. The molecule has 2 aromatic rings. The van der Waals surface area contributed by atoms with Crippen LogP contribution in [0.4, 0.5) is 0 Å². The van der Waals surface area contributed by atoms with Gasteiger partial charge in [-0.3, -0.25) is 14.5 Å². The van der Waals surface area contributed by atoms with Crippen LogP contribution in [0.5, 0.6) is 0 Å². The second kappa shape index (κ2) is 13.9. The van der Waals surface area contributed by atoms with Crippen LogP contribution in [0.2, 0.25) is 0 Å². The van der Waals surface area contributed by atoms with Crippen LogP contribution in [0, 0.1) is 5.92 Å². The Morgan fingerprint density at radius 1 is 0.788 bits per heavy atom. The Kier molecular flexibility index (Phi) is 10.6. The summed E-state index contributed by atoms with van der Waals surface area (Å²) in [5.41, 5.74) is 2.64. The van der Waals surface area contributed by atoms with Gasteiger partial charge < -0.3 is 4.74 Å². The first kappa shape index (κ1) is 25.2. The molecule has 0 aromatic heterocycles. The fraction of sp³-hybridized carbons (Fsp3) is 0.517. The highest BCUT2D eigenvalue weighted by molar-refractivity contribution is 5.81. The minimum atomic E-state index is -0.120. The molecular formula is C29H39NO3. The number of hydrogen-bond donors (Lipinski definition) is 0. The average molecular weight is 450 g/mol. The summed E-state index contributed by atoms with van der Waals surface area (Å²) in [5.74, 6) is 0.551. The number of ketones is 1. The first-order valence-electron chi connectivity index (χ1n) is 12.6. The van der Waals surface area contributed by atoms with Crippen LogP contribution in [0.25, 0.3) is 0 Å². The van der Waals surface area contributed by atoms with Gasteiger partial charge >= 0.3 is 5.97 Å². The van der Waals surface area contributed by atoms with Gasteiger partial charge in [0.1, 0.15) is 5.78 Å². The van der Waals surface area contributed by atoms with E-state index in [0.717, 1.165) is 64.5 Å². The zero-order valence-electron chi connectivity index (χ0n) is 20.1. The quantitative estimate of drug-likeness (QED) is 0.264. The van der Waals surface area contributed by atoms with E-state index >= 15 is 0 Å². The fourth-order valence-electron chi connectivity index (χ4n) is 4.95. The topological polar surface area (TPSA) is 46.6 Å². The van der Waals surface area contributed by atoms with Crippen LogP contribution in [0.1, 0.15) is 81.4 Å². The number of rotatable bonds is 13. The summed E-state index contributed by atoms with van der Waals surface area (Å²) in [5, 5.41) is 0. The van der Waals surface area contributed by atoms with Gasteiger partial charge in [-0.1, -0.05) is 86.3 Å². The van der Waals surface area contributed by atoms with Crippen LogP contribution in [-0.4, -0.2) is 36.9 Å². The van der Waals surface area contributed by atoms with E-state index in [9.17, 15) is 9.59 Å². The highest BCUT2D eigenvalue weighted by Gasteiger charge is 2.29. The third kappa shape index (κ3) is 8.12. The molecule has 2 aromatic carbocycles. The lowest BCUT2D eigenvalue weighted by molar-refractivity contribution is -0.140. The van der Waals surface area contributed by atoms with Crippen molar-refractivity contribution in [3.05, 3.63) is 71.8 Å². The van der Waals surface area contributed by atoms with Crippen molar-refractivity contribution in [2.75, 3.05) is 20.2 Å². The third-order valence-electron chi connectivity index (χ3n) is 6.86. The Labute approximate surface area is 199 Å². The SMILES string of the molecule is COC(=O)CCCCCCCCC(=O)C1CCN(C(c2ccccc2)c2ccccc2)CC1. The van der Waals surface area contributed by atoms with Crippen molar-refractivity contribution in [1.82, 2.24) is 4.90 Å². The minimum Gasteiger partial charge on any atom is -0.469 e. The van der Waals surface area contributed by atoms with E-state index in [2.05, 4.69) is 70.3 Å². The molecule has 1 fully saturated rings. The Balaban J connectivity index is 1.39. The van der Waals surface area contributed by atoms with Crippen LogP contribution < -0.4 is 0 Å². The van der Waals surface area contributed by atoms with Crippen LogP contribution in [-0.2, 0) is 14.3 Å². The summed E-state index contributed by atoms with van der Waals surface area (Å²) in [6.07, 6.45) is 9.48. The standard InChI is InChI=1S/C29H39NO3/c1-33-28(32)19-13-5-3-2-4-12-18-27(31)24-20-22-30(23-21-24)29(25-14-8-6-9-15-25)26-16-10-7-11-17-26/h6-11,14-17,24,29H,2-5,12-13,18-23H2,1H3. The van der Waals surface area contributed by atoms with Gasteiger partial charge in [0.25, 0.3) is 0 Å². The van der Waals surface area contributed by atoms with Crippen LogP contribution in [0.3, 0.4) is 0 Å². The number of methoxy groups -OCH3 is 1. The average Bonchev–Trinajstić information content (AvgIpc) is 2.87. The summed E-state index contributed by atoms with van der Waals surface area (Å²) < 4.78 is 4.66. The highest BCUT2D eigenvalue weighted by atomic mass is 16.5. The van der Waals surface area contributed by atoms with Crippen molar-refractivity contribution in [2.45, 2.75) is 70.3 Å². The van der Waals surface area contributed by atoms with Gasteiger partial charge in [-0.25, -0.2) is 0 Å². The molecule has 1 saturated heterocycles. The van der Waals surface area contributed by atoms with Crippen molar-refractivity contribution in [1.29, 1.82) is 0 Å². The number of hydrogen-bond acceptors (Lipinski definition) is 4. The van der Waals surface area contributed by atoms with Gasteiger partial charge in [0.2, 0.25) is 0 Å². The van der Waals surface area contributed by atoms with E-state index in [1.165, 1.54) is 18.2 Å². The number of Topliss-reactive ketones (excluding diaryl/α,β-unsaturated/α-hetero) is 1. The molecule has 1 heterocycles. The van der Waals surface area contributed by atoms with Gasteiger partial charge in [0.15, 0.2) is 0 Å². The molecule has 4 nitrogen and oxygen atoms in total. The maximum Gasteiger partial charge on any atom is 0.305 e. The molecule has 0 unspecified atom stereocenters. The largest absolute Gasteiger partial charge is 0.469 e. The molecule has 0 bridgehead atoms. The number of ether oxygens (including phenoxy) is 1. The van der Waals surface area contributed by atoms with E-state index in [1.807, 2.05) is 0 Å². The summed E-state index contributed by atoms with van der Waals surface area (Å²) >= 11 is 0. The van der Waals surface area contributed by atoms with Crippen LogP contribution >= 0.6 is 0 Å². The maximum atomic E-state index is 12.8. The lowest BCUT2D eigenvalue weighted by Gasteiger charge is -2.37. The molecule has 0 atom stereocenters. The van der Waals surface area contributed by atoms with E-state index in [-0.39, 0.29) is 17.9 Å². The molecule has 33 heavy (non-hydrogen) atoms. The van der Waals surface area contributed by atoms with Crippen molar-refractivity contribution in [2.24, 2.45) is 5.92 Å². The van der Waals surface area contributed by atoms with Gasteiger partial charge in [0.05, 0.1) is 13.2 Å². The van der Waals surface area contributed by atoms with Crippen molar-refractivity contribution >= 4 is 11.8 Å². The van der Waals surface area contributed by atoms with Crippen LogP contribution in [0.15, 0.2) is 60.7 Å². The molecule has 3 rings (SSSR count). The van der Waals surface area contributed by atoms with Gasteiger partial charge in [0, 0.05) is 18.8 Å². The molecule has 4 heteroatoms. The molecule has 1 aliphatic heterocycles. The van der Waals surface area contributed by atoms with E-state index in [1.54, 1.807) is 0 Å². The third-order valence-corrected chi connectivity index (χ3v) is 6.86. The molecule has 1 aliphatic rings. The molecule has 178 valence electrons. The fourth-order valence-corrected chi connectivity index (χ4v) is 4.95. The Bertz CT molecular complexity index is 789. The van der Waals surface area contributed by atoms with E-state index in [4.69, 9.17) is 0 Å². The summed E-state index contributed by atoms with van der Waals surface area (Å²) in [4.78, 5) is 26.4. The molecule has 0 aliphatic carbocycles. The molecule has 0 radical (unpaired) electrons. The first-order chi connectivity index (χ1) is 16.2. The van der Waals surface area contributed by atoms with Crippen molar-refractivity contribution in [3.8, 4) is 0 Å². The van der Waals surface area contributed by atoms with E-state index in [0.29, 0.717) is 18.6 Å². The molecule has 0 spiro atoms. The number of likely N-dealkylation sites (tertiary alicyclic amines) is 1. The number of unbranched alkanes of at least 4 members (excludes halogenated alkanes) is 5.